The fourth-order valence-corrected chi connectivity index (χ4v) is 10.6. The molecular weight excluding hydrogens is 811 g/mol. The molecule has 14 rings (SSSR count). The minimum Gasteiger partial charge on any atom is -0.455 e. The summed E-state index contributed by atoms with van der Waals surface area (Å²) < 4.78 is 18.8. The van der Waals surface area contributed by atoms with Gasteiger partial charge in [-0.1, -0.05) is 140 Å². The number of hydrogen-bond acceptors (Lipinski definition) is 5. The molecule has 0 unspecified atom stereocenters. The third-order valence-electron chi connectivity index (χ3n) is 13.4. The predicted molar refractivity (Wildman–Crippen MR) is 269 cm³/mol. The molecule has 7 heteroatoms. The molecule has 0 radical (unpaired) electrons. The first kappa shape index (κ1) is 36.7. The summed E-state index contributed by atoms with van der Waals surface area (Å²) in [6, 6.07) is 65.6. The van der Waals surface area contributed by atoms with E-state index in [1.165, 1.54) is 0 Å². The van der Waals surface area contributed by atoms with Gasteiger partial charge in [-0.05, 0) is 73.5 Å². The third kappa shape index (κ3) is 5.16. The van der Waals surface area contributed by atoms with Crippen LogP contribution < -0.4 is 0 Å². The van der Waals surface area contributed by atoms with E-state index in [1.807, 2.05) is 42.5 Å². The van der Waals surface area contributed by atoms with Gasteiger partial charge in [-0.25, -0.2) is 15.0 Å². The molecule has 7 nitrogen and oxygen atoms in total. The zero-order chi connectivity index (χ0) is 43.6. The summed E-state index contributed by atoms with van der Waals surface area (Å²) in [5, 5.41) is 8.75. The molecular formula is C59H37N5O2. The summed E-state index contributed by atoms with van der Waals surface area (Å²) >= 11 is 0. The van der Waals surface area contributed by atoms with Gasteiger partial charge in [0.25, 0.3) is 0 Å². The van der Waals surface area contributed by atoms with Crippen LogP contribution in [0, 0.1) is 13.8 Å². The van der Waals surface area contributed by atoms with Crippen LogP contribution >= 0.6 is 0 Å². The van der Waals surface area contributed by atoms with E-state index in [0.29, 0.717) is 28.6 Å². The second-order valence-corrected chi connectivity index (χ2v) is 17.2. The van der Waals surface area contributed by atoms with E-state index in [2.05, 4.69) is 169 Å². The van der Waals surface area contributed by atoms with Crippen molar-refractivity contribution in [2.24, 2.45) is 0 Å². The number of aryl methyl sites for hydroxylation is 2. The summed E-state index contributed by atoms with van der Waals surface area (Å²) in [5.41, 5.74) is 13.7. The van der Waals surface area contributed by atoms with Crippen molar-refractivity contribution >= 4 is 87.5 Å². The van der Waals surface area contributed by atoms with Crippen molar-refractivity contribution < 1.29 is 8.83 Å². The molecule has 0 saturated carbocycles. The van der Waals surface area contributed by atoms with Crippen LogP contribution in [0.15, 0.2) is 197 Å². The molecule has 0 atom stereocenters. The first-order chi connectivity index (χ1) is 32.6. The standard InChI is InChI=1S/C59H37N5O2/c1-34-32-47(63-43-26-12-6-20-37(43)38-21-7-13-27-44(38)63)53(55-51(34)41-24-10-16-30-49(41)65-55)58-60-57(36-18-4-3-5-19-36)61-59(62-58)54-48(33-35(2)52-42-25-11-17-31-50(42)66-56(52)54)64-45-28-14-8-22-39(45)40-23-9-15-29-46(40)64/h3-33H,1-2H3. The van der Waals surface area contributed by atoms with Gasteiger partial charge in [0, 0.05) is 48.7 Å². The van der Waals surface area contributed by atoms with Gasteiger partial charge in [0.1, 0.15) is 22.3 Å². The maximum atomic E-state index is 7.04. The molecule has 0 amide bonds. The average Bonchev–Trinajstić information content (AvgIpc) is 4.12. The largest absolute Gasteiger partial charge is 0.455 e. The minimum atomic E-state index is 0.484. The fourth-order valence-electron chi connectivity index (χ4n) is 10.6. The highest BCUT2D eigenvalue weighted by Crippen LogP contribution is 2.47. The van der Waals surface area contributed by atoms with Crippen LogP contribution in [0.1, 0.15) is 11.1 Å². The zero-order valence-corrected chi connectivity index (χ0v) is 36.0. The van der Waals surface area contributed by atoms with Crippen LogP contribution in [0.5, 0.6) is 0 Å². The third-order valence-corrected chi connectivity index (χ3v) is 13.4. The SMILES string of the molecule is Cc1cc(-n2c3ccccc3c3ccccc32)c(-c2nc(-c3ccccc3)nc(-c3c(-n4c5ccccc5c5ccccc54)cc(C)c4c3oc3ccccc34)n2)c2oc3ccccc3c12. The van der Waals surface area contributed by atoms with Crippen LogP contribution in [0.2, 0.25) is 0 Å². The second kappa shape index (κ2) is 13.8. The highest BCUT2D eigenvalue weighted by molar-refractivity contribution is 6.17. The van der Waals surface area contributed by atoms with Crippen molar-refractivity contribution in [1.82, 2.24) is 24.1 Å². The molecule has 310 valence electrons. The maximum Gasteiger partial charge on any atom is 0.170 e. The number of para-hydroxylation sites is 6. The van der Waals surface area contributed by atoms with E-state index in [9.17, 15) is 0 Å². The number of rotatable bonds is 5. The van der Waals surface area contributed by atoms with Gasteiger partial charge in [-0.15, -0.1) is 0 Å². The highest BCUT2D eigenvalue weighted by Gasteiger charge is 2.29. The molecule has 66 heavy (non-hydrogen) atoms. The lowest BCUT2D eigenvalue weighted by molar-refractivity contribution is 0.669. The Hall–Kier alpha value is -8.81. The number of aromatic nitrogens is 5. The van der Waals surface area contributed by atoms with E-state index in [4.69, 9.17) is 23.8 Å². The molecule has 9 aromatic carbocycles. The molecule has 14 aromatic rings. The molecule has 5 heterocycles. The Bertz CT molecular complexity index is 3960. The number of hydrogen-bond donors (Lipinski definition) is 0. The van der Waals surface area contributed by atoms with Crippen molar-refractivity contribution in [2.45, 2.75) is 13.8 Å². The summed E-state index contributed by atoms with van der Waals surface area (Å²) in [6.45, 7) is 4.34. The van der Waals surface area contributed by atoms with E-state index >= 15 is 0 Å². The average molecular weight is 848 g/mol. The predicted octanol–water partition coefficient (Wildman–Crippen LogP) is 15.5. The van der Waals surface area contributed by atoms with Gasteiger partial charge < -0.3 is 18.0 Å². The van der Waals surface area contributed by atoms with Crippen LogP contribution in [-0.2, 0) is 0 Å². The van der Waals surface area contributed by atoms with E-state index in [1.54, 1.807) is 0 Å². The van der Waals surface area contributed by atoms with Gasteiger partial charge in [-0.2, -0.15) is 0 Å². The topological polar surface area (TPSA) is 74.8 Å². The second-order valence-electron chi connectivity index (χ2n) is 17.2. The van der Waals surface area contributed by atoms with Crippen molar-refractivity contribution in [1.29, 1.82) is 0 Å². The van der Waals surface area contributed by atoms with E-state index < -0.39 is 0 Å². The Morgan fingerprint density at radius 3 is 1.09 bits per heavy atom. The zero-order valence-electron chi connectivity index (χ0n) is 36.0. The lowest BCUT2D eigenvalue weighted by Crippen LogP contribution is -2.06. The Balaban J connectivity index is 1.17. The van der Waals surface area contributed by atoms with Crippen molar-refractivity contribution in [3.05, 3.63) is 199 Å². The molecule has 0 saturated heterocycles. The van der Waals surface area contributed by atoms with Gasteiger partial charge in [0.2, 0.25) is 0 Å². The Labute approximate surface area is 377 Å². The molecule has 0 bridgehead atoms. The highest BCUT2D eigenvalue weighted by atomic mass is 16.3. The summed E-state index contributed by atoms with van der Waals surface area (Å²) in [7, 11) is 0. The lowest BCUT2D eigenvalue weighted by Gasteiger charge is -2.18. The molecule has 0 spiro atoms. The van der Waals surface area contributed by atoms with Gasteiger partial charge in [0.05, 0.1) is 44.6 Å². The number of nitrogens with zero attached hydrogens (tertiary/aromatic N) is 5. The molecule has 0 aliphatic rings. The van der Waals surface area contributed by atoms with Crippen LogP contribution in [0.4, 0.5) is 0 Å². The Morgan fingerprint density at radius 2 is 0.682 bits per heavy atom. The molecule has 0 aliphatic heterocycles. The maximum absolute atomic E-state index is 7.04. The first-order valence-corrected chi connectivity index (χ1v) is 22.3. The summed E-state index contributed by atoms with van der Waals surface area (Å²) in [5.74, 6) is 1.50. The lowest BCUT2D eigenvalue weighted by atomic mass is 9.99. The van der Waals surface area contributed by atoms with Crippen molar-refractivity contribution in [3.63, 3.8) is 0 Å². The quantitative estimate of drug-likeness (QED) is 0.172. The van der Waals surface area contributed by atoms with Crippen LogP contribution in [0.3, 0.4) is 0 Å². The number of furan rings is 2. The summed E-state index contributed by atoms with van der Waals surface area (Å²) in [4.78, 5) is 16.7. The van der Waals surface area contributed by atoms with Gasteiger partial charge in [0.15, 0.2) is 17.5 Å². The molecule has 0 N–H and O–H groups in total. The Morgan fingerprint density at radius 1 is 0.348 bits per heavy atom. The van der Waals surface area contributed by atoms with Gasteiger partial charge in [-0.3, -0.25) is 0 Å². The van der Waals surface area contributed by atoms with Crippen molar-refractivity contribution in [3.8, 4) is 45.5 Å². The minimum absolute atomic E-state index is 0.484. The fraction of sp³-hybridized carbons (Fsp3) is 0.0339. The number of benzene rings is 9. The number of fused-ring (bicyclic) bond motifs is 12. The van der Waals surface area contributed by atoms with E-state index in [-0.39, 0.29) is 0 Å². The van der Waals surface area contributed by atoms with Crippen molar-refractivity contribution in [2.75, 3.05) is 0 Å². The van der Waals surface area contributed by atoms with Crippen LogP contribution in [0.25, 0.3) is 133 Å². The van der Waals surface area contributed by atoms with Crippen LogP contribution in [-0.4, -0.2) is 24.1 Å². The Kier molecular flexibility index (Phi) is 7.69. The first-order valence-electron chi connectivity index (χ1n) is 22.3. The molecule has 0 aliphatic carbocycles. The molecule has 0 fully saturated rings. The smallest absolute Gasteiger partial charge is 0.170 e. The monoisotopic (exact) mass is 847 g/mol. The van der Waals surface area contributed by atoms with Gasteiger partial charge >= 0.3 is 0 Å². The molecule has 5 aromatic heterocycles. The normalized spacial score (nSPS) is 12.1. The summed E-state index contributed by atoms with van der Waals surface area (Å²) in [6.07, 6.45) is 0. The van der Waals surface area contributed by atoms with E-state index in [0.717, 1.165) is 116 Å².